The third kappa shape index (κ3) is 5.63. The molecule has 4 heterocycles. The summed E-state index contributed by atoms with van der Waals surface area (Å²) in [6, 6.07) is 0.821. The minimum atomic E-state index is 0. The van der Waals surface area contributed by atoms with E-state index in [-0.39, 0.29) is 52.1 Å². The van der Waals surface area contributed by atoms with Crippen molar-refractivity contribution in [3.8, 4) is 0 Å². The van der Waals surface area contributed by atoms with Gasteiger partial charge in [0.2, 0.25) is 0 Å². The second kappa shape index (κ2) is 11.6. The molecule has 0 aromatic heterocycles. The molecular weight excluding hydrogens is 465 g/mol. The molecule has 5 aliphatic rings. The molecule has 1 radical (unpaired) electrons. The number of fused-ring (bicyclic) bond motifs is 4. The first-order chi connectivity index (χ1) is 14.5. The van der Waals surface area contributed by atoms with E-state index < -0.39 is 0 Å². The van der Waals surface area contributed by atoms with Crippen LogP contribution in [0.4, 0.5) is 0 Å². The Bertz CT molecular complexity index is 748. The summed E-state index contributed by atoms with van der Waals surface area (Å²) in [4.78, 5) is 0. The smallest absolute Gasteiger partial charge is 0.643 e. The van der Waals surface area contributed by atoms with Crippen molar-refractivity contribution < 1.29 is 27.7 Å². The van der Waals surface area contributed by atoms with Crippen LogP contribution in [0.1, 0.15) is 58.8 Å². The monoisotopic (exact) mass is 505 g/mol. The Balaban J connectivity index is 0.00000128. The number of rotatable bonds is 0. The molecule has 2 saturated heterocycles. The molecule has 6 bridgehead atoms. The van der Waals surface area contributed by atoms with E-state index in [1.54, 1.807) is 0 Å². The topological polar surface area (TPSA) is 136 Å². The van der Waals surface area contributed by atoms with Crippen LogP contribution in [0.2, 0.25) is 0 Å². The maximum Gasteiger partial charge on any atom is 2.00 e. The van der Waals surface area contributed by atoms with Crippen LogP contribution >= 0.6 is 0 Å². The van der Waals surface area contributed by atoms with Gasteiger partial charge < -0.3 is 36.9 Å². The van der Waals surface area contributed by atoms with Gasteiger partial charge in [0, 0.05) is 25.5 Å². The Morgan fingerprint density at radius 1 is 0.758 bits per heavy atom. The summed E-state index contributed by atoms with van der Waals surface area (Å²) < 4.78 is 0. The maximum absolute atomic E-state index is 5.36. The summed E-state index contributed by atoms with van der Waals surface area (Å²) >= 11 is 0. The minimum absolute atomic E-state index is 0. The molecule has 0 spiro atoms. The molecule has 1 saturated carbocycles. The Labute approximate surface area is 208 Å². The van der Waals surface area contributed by atoms with Crippen LogP contribution in [-0.4, -0.2) is 83.0 Å². The van der Waals surface area contributed by atoms with E-state index in [4.69, 9.17) is 26.2 Å². The molecular formula is C23H40CoN7O2-. The molecule has 1 aliphatic carbocycles. The van der Waals surface area contributed by atoms with Crippen molar-refractivity contribution in [2.24, 2.45) is 22.0 Å². The molecule has 9 nitrogen and oxygen atoms in total. The van der Waals surface area contributed by atoms with Gasteiger partial charge >= 0.3 is 16.8 Å². The fraction of sp³-hybridized carbons (Fsp3) is 0.826. The molecule has 8 unspecified atom stereocenters. The third-order valence-electron chi connectivity index (χ3n) is 7.93. The summed E-state index contributed by atoms with van der Waals surface area (Å²) in [5, 5.41) is 29.9. The Kier molecular flexibility index (Phi) is 9.93. The van der Waals surface area contributed by atoms with Crippen LogP contribution in [0.15, 0.2) is 22.4 Å². The first-order valence-electron chi connectivity index (χ1n) is 11.8. The molecule has 4 aliphatic heterocycles. The average molecular weight is 506 g/mol. The minimum Gasteiger partial charge on any atom is -0.643 e. The van der Waals surface area contributed by atoms with Gasteiger partial charge in [0.1, 0.15) is 0 Å². The van der Waals surface area contributed by atoms with Gasteiger partial charge in [0.15, 0.2) is 0 Å². The first kappa shape index (κ1) is 28.2. The first-order valence-corrected chi connectivity index (χ1v) is 11.8. The van der Waals surface area contributed by atoms with Crippen LogP contribution < -0.4 is 0 Å². The van der Waals surface area contributed by atoms with Gasteiger partial charge in [-0.15, -0.1) is 18.2 Å². The predicted octanol–water partition coefficient (Wildman–Crippen LogP) is 2.78. The zero-order chi connectivity index (χ0) is 20.8. The van der Waals surface area contributed by atoms with E-state index in [1.807, 2.05) is 0 Å². The zero-order valence-corrected chi connectivity index (χ0v) is 21.2. The van der Waals surface area contributed by atoms with E-state index in [0.29, 0.717) is 23.9 Å². The number of hydrogen-bond donors (Lipinski definition) is 0. The zero-order valence-electron chi connectivity index (χ0n) is 20.2. The standard InChI is InChI=1S/C23H36N7.Co.2H2O/c1-14-18-6-5-7-19(24-18)15(2)28-30(4)21-13-11-17-9-8-16-10-12-20(29(3)27-14)25-22(16)23(17)26-21;;;/h5-6,16-23H,7-13H2,1-4H3;;2*1H2/q-3;+2;;. The quantitative estimate of drug-likeness (QED) is 0.468. The van der Waals surface area contributed by atoms with Crippen molar-refractivity contribution in [2.75, 3.05) is 14.1 Å². The SMILES string of the molecule is CC1=NN(C)C2CCC3CCC4CCC([N-]C4C3[N-]2)N(C)N=C(C)C2CC=CC1[N-]2.O.O.[Co+2]. The molecule has 3 fully saturated rings. The average Bonchev–Trinajstić information content (AvgIpc) is 2.77. The normalized spacial score (nSPS) is 40.1. The van der Waals surface area contributed by atoms with Gasteiger partial charge in [-0.05, 0) is 32.6 Å². The molecule has 5 rings (SSSR count). The molecule has 0 aromatic rings. The van der Waals surface area contributed by atoms with E-state index in [0.717, 1.165) is 30.7 Å². The van der Waals surface area contributed by atoms with Crippen molar-refractivity contribution in [1.82, 2.24) is 10.0 Å². The van der Waals surface area contributed by atoms with Crippen molar-refractivity contribution in [2.45, 2.75) is 95.3 Å². The van der Waals surface area contributed by atoms with Crippen LogP contribution in [0.5, 0.6) is 0 Å². The van der Waals surface area contributed by atoms with E-state index in [2.05, 4.69) is 50.1 Å². The van der Waals surface area contributed by atoms with Crippen LogP contribution in [0.25, 0.3) is 16.0 Å². The van der Waals surface area contributed by atoms with Crippen LogP contribution in [0.3, 0.4) is 0 Å². The molecule has 10 heteroatoms. The van der Waals surface area contributed by atoms with Gasteiger partial charge in [-0.3, -0.25) is 0 Å². The van der Waals surface area contributed by atoms with Gasteiger partial charge in [0.05, 0.1) is 0 Å². The van der Waals surface area contributed by atoms with Crippen molar-refractivity contribution in [1.29, 1.82) is 0 Å². The van der Waals surface area contributed by atoms with Crippen molar-refractivity contribution in [3.63, 3.8) is 0 Å². The molecule has 4 N–H and O–H groups in total. The third-order valence-corrected chi connectivity index (χ3v) is 7.93. The van der Waals surface area contributed by atoms with Gasteiger partial charge in [-0.1, -0.05) is 68.5 Å². The summed E-state index contributed by atoms with van der Waals surface area (Å²) in [5.41, 5.74) is 2.11. The summed E-state index contributed by atoms with van der Waals surface area (Å²) in [5.74, 6) is 1.37. The molecule has 8 atom stereocenters. The second-order valence-electron chi connectivity index (χ2n) is 9.90. The number of hydrogen-bond acceptors (Lipinski definition) is 4. The summed E-state index contributed by atoms with van der Waals surface area (Å²) in [7, 11) is 4.18. The van der Waals surface area contributed by atoms with E-state index in [9.17, 15) is 0 Å². The summed E-state index contributed by atoms with van der Waals surface area (Å²) in [6.45, 7) is 4.21. The molecule has 189 valence electrons. The van der Waals surface area contributed by atoms with E-state index in [1.165, 1.54) is 25.7 Å². The Hall–Kier alpha value is -1.01. The fourth-order valence-electron chi connectivity index (χ4n) is 6.14. The van der Waals surface area contributed by atoms with Crippen molar-refractivity contribution in [3.05, 3.63) is 28.1 Å². The number of piperidine rings is 2. The largest absolute Gasteiger partial charge is 2.00 e. The van der Waals surface area contributed by atoms with Gasteiger partial charge in [-0.2, -0.15) is 10.2 Å². The van der Waals surface area contributed by atoms with Gasteiger partial charge in [0.25, 0.3) is 0 Å². The number of hydrazone groups is 2. The van der Waals surface area contributed by atoms with Crippen molar-refractivity contribution >= 4 is 11.4 Å². The molecule has 0 aromatic carbocycles. The Morgan fingerprint density at radius 2 is 1.24 bits per heavy atom. The molecule has 33 heavy (non-hydrogen) atoms. The summed E-state index contributed by atoms with van der Waals surface area (Å²) in [6.07, 6.45) is 12.9. The maximum atomic E-state index is 5.36. The molecule has 0 amide bonds. The van der Waals surface area contributed by atoms with E-state index >= 15 is 0 Å². The van der Waals surface area contributed by atoms with Crippen LogP contribution in [0, 0.1) is 11.8 Å². The Morgan fingerprint density at radius 3 is 1.79 bits per heavy atom. The van der Waals surface area contributed by atoms with Crippen LogP contribution in [-0.2, 0) is 16.8 Å². The second-order valence-corrected chi connectivity index (χ2v) is 9.90. The predicted molar refractivity (Wildman–Crippen MR) is 130 cm³/mol. The number of nitrogens with zero attached hydrogens (tertiary/aromatic N) is 7. The fourth-order valence-corrected chi connectivity index (χ4v) is 6.14. The van der Waals surface area contributed by atoms with Gasteiger partial charge in [-0.25, -0.2) is 0 Å².